The number of rotatable bonds is 8. The zero-order valence-corrected chi connectivity index (χ0v) is 10.2. The molecule has 0 radical (unpaired) electrons. The summed E-state index contributed by atoms with van der Waals surface area (Å²) in [5, 5.41) is 11.9. The van der Waals surface area contributed by atoms with Gasteiger partial charge in [0.1, 0.15) is 0 Å². The minimum Gasteiger partial charge on any atom is -0.481 e. The van der Waals surface area contributed by atoms with Crippen LogP contribution >= 0.6 is 11.3 Å². The van der Waals surface area contributed by atoms with Crippen LogP contribution in [0.4, 0.5) is 0 Å². The number of aliphatic carboxylic acids is 1. The molecular weight excluding hydrogens is 226 g/mol. The van der Waals surface area contributed by atoms with Gasteiger partial charge in [-0.2, -0.15) is 0 Å². The van der Waals surface area contributed by atoms with Crippen LogP contribution in [-0.4, -0.2) is 31.3 Å². The minimum absolute atomic E-state index is 0.119. The van der Waals surface area contributed by atoms with E-state index < -0.39 is 5.97 Å². The SMILES string of the molecule is COCCCNCc1ccc(CC(=O)O)s1. The molecular formula is C11H17NO3S. The number of hydrogen-bond donors (Lipinski definition) is 2. The highest BCUT2D eigenvalue weighted by molar-refractivity contribution is 7.12. The van der Waals surface area contributed by atoms with E-state index in [1.165, 1.54) is 4.88 Å². The van der Waals surface area contributed by atoms with Gasteiger partial charge in [0.2, 0.25) is 0 Å². The third kappa shape index (κ3) is 5.25. The van der Waals surface area contributed by atoms with Crippen molar-refractivity contribution in [3.8, 4) is 0 Å². The summed E-state index contributed by atoms with van der Waals surface area (Å²) in [6.45, 7) is 2.48. The van der Waals surface area contributed by atoms with Crippen molar-refractivity contribution in [1.82, 2.24) is 5.32 Å². The van der Waals surface area contributed by atoms with Crippen molar-refractivity contribution in [1.29, 1.82) is 0 Å². The Morgan fingerprint density at radius 2 is 2.25 bits per heavy atom. The first-order valence-electron chi connectivity index (χ1n) is 5.21. The molecule has 0 bridgehead atoms. The molecule has 4 nitrogen and oxygen atoms in total. The molecule has 16 heavy (non-hydrogen) atoms. The number of thiophene rings is 1. The van der Waals surface area contributed by atoms with Crippen molar-refractivity contribution in [3.63, 3.8) is 0 Å². The minimum atomic E-state index is -0.776. The molecule has 0 saturated carbocycles. The van der Waals surface area contributed by atoms with E-state index in [4.69, 9.17) is 9.84 Å². The Morgan fingerprint density at radius 3 is 2.94 bits per heavy atom. The molecule has 0 spiro atoms. The van der Waals surface area contributed by atoms with Crippen LogP contribution in [-0.2, 0) is 22.5 Å². The van der Waals surface area contributed by atoms with Crippen LogP contribution in [0.2, 0.25) is 0 Å². The van der Waals surface area contributed by atoms with Gasteiger partial charge in [-0.05, 0) is 25.1 Å². The Morgan fingerprint density at radius 1 is 1.50 bits per heavy atom. The predicted octanol–water partition coefficient (Wildman–Crippen LogP) is 1.50. The van der Waals surface area contributed by atoms with Crippen molar-refractivity contribution in [3.05, 3.63) is 21.9 Å². The van der Waals surface area contributed by atoms with Gasteiger partial charge in [0.15, 0.2) is 0 Å². The lowest BCUT2D eigenvalue weighted by atomic mass is 10.3. The number of carboxylic acids is 1. The first kappa shape index (κ1) is 13.2. The summed E-state index contributed by atoms with van der Waals surface area (Å²) in [5.74, 6) is -0.776. The van der Waals surface area contributed by atoms with Gasteiger partial charge in [-0.25, -0.2) is 0 Å². The van der Waals surface area contributed by atoms with E-state index in [0.29, 0.717) is 0 Å². The molecule has 2 N–H and O–H groups in total. The maximum atomic E-state index is 10.5. The lowest BCUT2D eigenvalue weighted by Gasteiger charge is -2.01. The lowest BCUT2D eigenvalue weighted by molar-refractivity contribution is -0.136. The number of hydrogen-bond acceptors (Lipinski definition) is 4. The summed E-state index contributed by atoms with van der Waals surface area (Å²) in [5.41, 5.74) is 0. The van der Waals surface area contributed by atoms with Gasteiger partial charge in [-0.1, -0.05) is 0 Å². The zero-order chi connectivity index (χ0) is 11.8. The van der Waals surface area contributed by atoms with Crippen molar-refractivity contribution >= 4 is 17.3 Å². The third-order valence-electron chi connectivity index (χ3n) is 2.04. The Balaban J connectivity index is 2.21. The fourth-order valence-electron chi connectivity index (χ4n) is 1.31. The number of carbonyl (C=O) groups is 1. The van der Waals surface area contributed by atoms with Crippen LogP contribution in [0.3, 0.4) is 0 Å². The summed E-state index contributed by atoms with van der Waals surface area (Å²) in [4.78, 5) is 12.6. The monoisotopic (exact) mass is 243 g/mol. The Bertz CT molecular complexity index is 325. The molecule has 0 aliphatic carbocycles. The van der Waals surface area contributed by atoms with E-state index in [1.54, 1.807) is 18.4 Å². The molecule has 0 atom stereocenters. The molecule has 0 fully saturated rings. The predicted molar refractivity (Wildman–Crippen MR) is 63.9 cm³/mol. The Kier molecular flexibility index (Phi) is 6.07. The quantitative estimate of drug-likeness (QED) is 0.679. The highest BCUT2D eigenvalue weighted by Gasteiger charge is 2.03. The topological polar surface area (TPSA) is 58.6 Å². The summed E-state index contributed by atoms with van der Waals surface area (Å²) < 4.78 is 4.94. The molecule has 1 rings (SSSR count). The highest BCUT2D eigenvalue weighted by atomic mass is 32.1. The highest BCUT2D eigenvalue weighted by Crippen LogP contribution is 2.16. The molecule has 0 aliphatic rings. The van der Waals surface area contributed by atoms with Crippen molar-refractivity contribution in [2.45, 2.75) is 19.4 Å². The fraction of sp³-hybridized carbons (Fsp3) is 0.545. The van der Waals surface area contributed by atoms with Crippen molar-refractivity contribution in [2.24, 2.45) is 0 Å². The molecule has 1 aromatic rings. The molecule has 0 unspecified atom stereocenters. The molecule has 1 aromatic heterocycles. The van der Waals surface area contributed by atoms with E-state index in [2.05, 4.69) is 5.32 Å². The average Bonchev–Trinajstić information content (AvgIpc) is 2.64. The molecule has 0 saturated heterocycles. The van der Waals surface area contributed by atoms with Gasteiger partial charge in [0.05, 0.1) is 6.42 Å². The van der Waals surface area contributed by atoms with Crippen molar-refractivity contribution in [2.75, 3.05) is 20.3 Å². The molecule has 90 valence electrons. The second kappa shape index (κ2) is 7.38. The number of nitrogens with one attached hydrogen (secondary N) is 1. The van der Waals surface area contributed by atoms with Gasteiger partial charge < -0.3 is 15.2 Å². The molecule has 1 heterocycles. The van der Waals surface area contributed by atoms with Crippen LogP contribution in [0.25, 0.3) is 0 Å². The van der Waals surface area contributed by atoms with Crippen LogP contribution in [0.5, 0.6) is 0 Å². The van der Waals surface area contributed by atoms with Gasteiger partial charge in [-0.15, -0.1) is 11.3 Å². The summed E-state index contributed by atoms with van der Waals surface area (Å²) in [7, 11) is 1.69. The summed E-state index contributed by atoms with van der Waals surface area (Å²) >= 11 is 1.55. The van der Waals surface area contributed by atoms with Gasteiger partial charge in [0.25, 0.3) is 0 Å². The standard InChI is InChI=1S/C11H17NO3S/c1-15-6-2-5-12-8-10-4-3-9(16-10)7-11(13)14/h3-4,12H,2,5-8H2,1H3,(H,13,14). The normalized spacial score (nSPS) is 10.6. The maximum absolute atomic E-state index is 10.5. The summed E-state index contributed by atoms with van der Waals surface area (Å²) in [6.07, 6.45) is 1.11. The Labute approximate surface area is 99.2 Å². The van der Waals surface area contributed by atoms with Gasteiger partial charge >= 0.3 is 5.97 Å². The molecule has 0 aromatic carbocycles. The fourth-order valence-corrected chi connectivity index (χ4v) is 2.29. The molecule has 5 heteroatoms. The van der Waals surface area contributed by atoms with Gasteiger partial charge in [0, 0.05) is 30.0 Å². The second-order valence-electron chi connectivity index (χ2n) is 3.46. The number of methoxy groups -OCH3 is 1. The second-order valence-corrected chi connectivity index (χ2v) is 4.71. The Hall–Kier alpha value is -0.910. The van der Waals surface area contributed by atoms with Crippen molar-refractivity contribution < 1.29 is 14.6 Å². The molecule has 0 aliphatic heterocycles. The lowest BCUT2D eigenvalue weighted by Crippen LogP contribution is -2.15. The maximum Gasteiger partial charge on any atom is 0.308 e. The average molecular weight is 243 g/mol. The first-order chi connectivity index (χ1) is 7.72. The molecule has 0 amide bonds. The number of carboxylic acid groups (broad SMARTS) is 1. The van der Waals surface area contributed by atoms with Crippen LogP contribution in [0.1, 0.15) is 16.2 Å². The summed E-state index contributed by atoms with van der Waals surface area (Å²) in [6, 6.07) is 3.86. The van der Waals surface area contributed by atoms with E-state index in [-0.39, 0.29) is 6.42 Å². The first-order valence-corrected chi connectivity index (χ1v) is 6.03. The van der Waals surface area contributed by atoms with E-state index in [1.807, 2.05) is 12.1 Å². The van der Waals surface area contributed by atoms with E-state index >= 15 is 0 Å². The van der Waals surface area contributed by atoms with Crippen LogP contribution < -0.4 is 5.32 Å². The zero-order valence-electron chi connectivity index (χ0n) is 9.36. The van der Waals surface area contributed by atoms with Gasteiger partial charge in [-0.3, -0.25) is 4.79 Å². The van der Waals surface area contributed by atoms with Crippen LogP contribution in [0, 0.1) is 0 Å². The van der Waals surface area contributed by atoms with E-state index in [9.17, 15) is 4.79 Å². The van der Waals surface area contributed by atoms with E-state index in [0.717, 1.165) is 31.0 Å². The number of ether oxygens (including phenoxy) is 1. The third-order valence-corrected chi connectivity index (χ3v) is 3.13. The smallest absolute Gasteiger partial charge is 0.308 e. The van der Waals surface area contributed by atoms with Crippen LogP contribution in [0.15, 0.2) is 12.1 Å². The largest absolute Gasteiger partial charge is 0.481 e.